The van der Waals surface area contributed by atoms with Crippen molar-refractivity contribution in [3.8, 4) is 11.3 Å². The Hall–Kier alpha value is -1.63. The van der Waals surface area contributed by atoms with Crippen LogP contribution in [0.3, 0.4) is 0 Å². The maximum Gasteiger partial charge on any atom is 0.215 e. The minimum absolute atomic E-state index is 0.373. The highest BCUT2D eigenvalue weighted by molar-refractivity contribution is 5.65. The average Bonchev–Trinajstić information content (AvgIpc) is 2.39. The monoisotopic (exact) mass is 255 g/mol. The highest BCUT2D eigenvalue weighted by Gasteiger charge is 2.21. The van der Waals surface area contributed by atoms with Crippen molar-refractivity contribution in [2.45, 2.75) is 40.5 Å². The minimum atomic E-state index is 0.373. The van der Waals surface area contributed by atoms with E-state index in [0.29, 0.717) is 12.1 Å². The van der Waals surface area contributed by atoms with Gasteiger partial charge in [0.15, 0.2) is 6.17 Å². The van der Waals surface area contributed by atoms with Crippen molar-refractivity contribution < 1.29 is 5.94 Å². The average molecular weight is 255 g/mol. The van der Waals surface area contributed by atoms with E-state index in [-0.39, 0.29) is 0 Å². The Bertz CT molecular complexity index is 628. The fourth-order valence-corrected chi connectivity index (χ4v) is 2.73. The molecule has 0 N–H and O–H groups in total. The molecule has 1 aromatic heterocycles. The van der Waals surface area contributed by atoms with E-state index in [0.717, 1.165) is 11.3 Å². The van der Waals surface area contributed by atoms with Crippen molar-refractivity contribution in [1.82, 2.24) is 0 Å². The zero-order valence-electron chi connectivity index (χ0n) is 13.8. The Morgan fingerprint density at radius 3 is 2.26 bits per heavy atom. The molecule has 2 aromatic rings. The number of pyridine rings is 1. The van der Waals surface area contributed by atoms with Gasteiger partial charge in [0.2, 0.25) is 5.69 Å². The van der Waals surface area contributed by atoms with Gasteiger partial charge in [0.05, 0.1) is 0 Å². The standard InChI is InChI=1S/C18H24N/c1-12(2)17-11-19(6)18(15(5)14(17)4)16-10-8-7-9-13(16)3/h7-12H,1-6H3/q+1/i11D. The van der Waals surface area contributed by atoms with Crippen molar-refractivity contribution >= 4 is 0 Å². The number of aromatic nitrogens is 1. The quantitative estimate of drug-likeness (QED) is 0.707. The van der Waals surface area contributed by atoms with Crippen LogP contribution in [0.2, 0.25) is 0 Å². The van der Waals surface area contributed by atoms with Crippen molar-refractivity contribution in [2.75, 3.05) is 0 Å². The Kier molecular flexibility index (Phi) is 3.37. The van der Waals surface area contributed by atoms with Gasteiger partial charge in [-0.2, -0.15) is 0 Å². The van der Waals surface area contributed by atoms with Crippen LogP contribution in [0.1, 0.15) is 43.4 Å². The van der Waals surface area contributed by atoms with E-state index < -0.39 is 0 Å². The summed E-state index contributed by atoms with van der Waals surface area (Å²) in [6.45, 7) is 10.8. The van der Waals surface area contributed by atoms with Gasteiger partial charge in [-0.3, -0.25) is 0 Å². The molecule has 1 heteroatoms. The Balaban J connectivity index is 2.84. The summed E-state index contributed by atoms with van der Waals surface area (Å²) in [4.78, 5) is 0. The van der Waals surface area contributed by atoms with Crippen LogP contribution in [0.15, 0.2) is 30.4 Å². The molecule has 1 aromatic carbocycles. The second-order valence-electron chi connectivity index (χ2n) is 5.65. The molecule has 0 aliphatic carbocycles. The second kappa shape index (κ2) is 5.16. The van der Waals surface area contributed by atoms with Crippen LogP contribution in [-0.2, 0) is 7.05 Å². The molecule has 0 radical (unpaired) electrons. The second-order valence-corrected chi connectivity index (χ2v) is 5.65. The van der Waals surface area contributed by atoms with Crippen molar-refractivity contribution in [2.24, 2.45) is 7.05 Å². The normalized spacial score (nSPS) is 11.8. The zero-order valence-corrected chi connectivity index (χ0v) is 12.8. The number of rotatable bonds is 2. The summed E-state index contributed by atoms with van der Waals surface area (Å²) in [5.41, 5.74) is 7.32. The fraction of sp³-hybridized carbons (Fsp3) is 0.389. The van der Waals surface area contributed by atoms with E-state index >= 15 is 0 Å². The summed E-state index contributed by atoms with van der Waals surface area (Å²) in [7, 11) is 2.00. The third-order valence-corrected chi connectivity index (χ3v) is 3.92. The van der Waals surface area contributed by atoms with E-state index in [4.69, 9.17) is 1.37 Å². The van der Waals surface area contributed by atoms with Crippen LogP contribution in [0.4, 0.5) is 0 Å². The third kappa shape index (κ3) is 2.42. The topological polar surface area (TPSA) is 3.88 Å². The molecule has 0 atom stereocenters. The first-order chi connectivity index (χ1) is 9.36. The van der Waals surface area contributed by atoms with E-state index in [1.807, 2.05) is 11.6 Å². The highest BCUT2D eigenvalue weighted by Crippen LogP contribution is 2.28. The number of benzene rings is 1. The smallest absolute Gasteiger partial charge is 0.200 e. The van der Waals surface area contributed by atoms with Crippen LogP contribution in [0.25, 0.3) is 11.3 Å². The first kappa shape index (κ1) is 12.4. The molecule has 0 spiro atoms. The molecule has 0 aliphatic heterocycles. The molecule has 0 fully saturated rings. The maximum atomic E-state index is 8.49. The molecule has 100 valence electrons. The molecule has 1 nitrogen and oxygen atoms in total. The summed E-state index contributed by atoms with van der Waals surface area (Å²) >= 11 is 0. The number of nitrogens with zero attached hydrogens (tertiary/aromatic N) is 1. The lowest BCUT2D eigenvalue weighted by atomic mass is 9.92. The minimum Gasteiger partial charge on any atom is -0.200 e. The fourth-order valence-electron chi connectivity index (χ4n) is 2.73. The van der Waals surface area contributed by atoms with Crippen LogP contribution in [0.5, 0.6) is 0 Å². The van der Waals surface area contributed by atoms with Gasteiger partial charge in [0, 0.05) is 16.7 Å². The van der Waals surface area contributed by atoms with Gasteiger partial charge >= 0.3 is 0 Å². The van der Waals surface area contributed by atoms with Gasteiger partial charge in [-0.05, 0) is 43.9 Å². The van der Waals surface area contributed by atoms with Gasteiger partial charge < -0.3 is 0 Å². The lowest BCUT2D eigenvalue weighted by Gasteiger charge is -2.14. The molecule has 0 amide bonds. The third-order valence-electron chi connectivity index (χ3n) is 3.92. The lowest BCUT2D eigenvalue weighted by Crippen LogP contribution is -2.33. The Morgan fingerprint density at radius 2 is 1.68 bits per heavy atom. The first-order valence-corrected chi connectivity index (χ1v) is 6.92. The summed E-state index contributed by atoms with van der Waals surface area (Å²) in [5, 5.41) is 0. The summed E-state index contributed by atoms with van der Waals surface area (Å²) in [6.07, 6.45) is 0.626. The van der Waals surface area contributed by atoms with Crippen molar-refractivity contribution in [3.63, 3.8) is 0 Å². The Morgan fingerprint density at radius 1 is 1.05 bits per heavy atom. The molecule has 0 bridgehead atoms. The van der Waals surface area contributed by atoms with Gasteiger partial charge in [0.1, 0.15) is 8.42 Å². The maximum absolute atomic E-state index is 8.49. The zero-order chi connectivity index (χ0) is 15.0. The Labute approximate surface area is 118 Å². The molecule has 0 aliphatic rings. The molecule has 0 saturated heterocycles. The number of hydrogen-bond acceptors (Lipinski definition) is 0. The van der Waals surface area contributed by atoms with Crippen LogP contribution >= 0.6 is 0 Å². The van der Waals surface area contributed by atoms with Crippen LogP contribution in [0, 0.1) is 20.8 Å². The predicted molar refractivity (Wildman–Crippen MR) is 81.4 cm³/mol. The van der Waals surface area contributed by atoms with E-state index in [9.17, 15) is 0 Å². The van der Waals surface area contributed by atoms with Crippen LogP contribution < -0.4 is 4.57 Å². The summed E-state index contributed by atoms with van der Waals surface area (Å²) < 4.78 is 10.5. The molecular formula is C18H24N+. The lowest BCUT2D eigenvalue weighted by molar-refractivity contribution is -0.661. The molecule has 19 heavy (non-hydrogen) atoms. The van der Waals surface area contributed by atoms with E-state index in [1.165, 1.54) is 22.3 Å². The molecule has 1 heterocycles. The van der Waals surface area contributed by atoms with Crippen molar-refractivity contribution in [1.29, 1.82) is 0 Å². The van der Waals surface area contributed by atoms with E-state index in [1.54, 1.807) is 0 Å². The number of aryl methyl sites for hydroxylation is 1. The SMILES string of the molecule is [2H]c1c(C(C)C)c(C)c(C)c(-c2ccccc2C)[n+]1C. The summed E-state index contributed by atoms with van der Waals surface area (Å²) in [5.74, 6) is 0.373. The number of hydrogen-bond donors (Lipinski definition) is 0. The largest absolute Gasteiger partial charge is 0.215 e. The van der Waals surface area contributed by atoms with Crippen LogP contribution in [-0.4, -0.2) is 0 Å². The molecule has 0 unspecified atom stereocenters. The molecular weight excluding hydrogens is 230 g/mol. The molecule has 2 rings (SSSR count). The predicted octanol–water partition coefficient (Wildman–Crippen LogP) is 4.23. The van der Waals surface area contributed by atoms with E-state index in [2.05, 4.69) is 58.9 Å². The van der Waals surface area contributed by atoms with Gasteiger partial charge in [0.25, 0.3) is 0 Å². The summed E-state index contributed by atoms with van der Waals surface area (Å²) in [6, 6.07) is 8.40. The highest BCUT2D eigenvalue weighted by atomic mass is 14.9. The molecule has 0 saturated carbocycles. The van der Waals surface area contributed by atoms with Crippen molar-refractivity contribution in [3.05, 3.63) is 52.7 Å². The van der Waals surface area contributed by atoms with Gasteiger partial charge in [-0.15, -0.1) is 0 Å². The van der Waals surface area contributed by atoms with Gasteiger partial charge in [-0.25, -0.2) is 4.57 Å². The van der Waals surface area contributed by atoms with Gasteiger partial charge in [-0.1, -0.05) is 32.0 Å². The first-order valence-electron chi connectivity index (χ1n) is 7.42.